The lowest BCUT2D eigenvalue weighted by Crippen LogP contribution is -2.47. The number of carbonyl (C=O) groups is 1. The minimum atomic E-state index is -3.64. The molecule has 1 amide bonds. The highest BCUT2D eigenvalue weighted by Crippen LogP contribution is 2.29. The van der Waals surface area contributed by atoms with Gasteiger partial charge in [0, 0.05) is 49.8 Å². The lowest BCUT2D eigenvalue weighted by atomic mass is 9.95. The fourth-order valence-corrected chi connectivity index (χ4v) is 6.63. The summed E-state index contributed by atoms with van der Waals surface area (Å²) in [6, 6.07) is 15.5. The number of sulfonamides is 1. The molecule has 0 radical (unpaired) electrons. The molecule has 7 heteroatoms. The monoisotopic (exact) mass is 451 g/mol. The minimum Gasteiger partial charge on any atom is -0.348 e. The summed E-state index contributed by atoms with van der Waals surface area (Å²) in [6.45, 7) is 4.94. The standard InChI is InChI=1S/C25H29N3O3S/c1-2-26-14-12-20-16-23(9-10-24(20)26)32(30,31)28-13-5-8-22(18-28)25(29)27-15-11-19-6-3-4-7-21(19)17-27/h3-4,6-7,9-10,12,14,16,22H,2,5,8,11,13,15,17-18H2,1H3. The van der Waals surface area contributed by atoms with Crippen LogP contribution in [0.25, 0.3) is 10.9 Å². The van der Waals surface area contributed by atoms with Gasteiger partial charge in [-0.15, -0.1) is 0 Å². The van der Waals surface area contributed by atoms with Crippen LogP contribution in [0.1, 0.15) is 30.9 Å². The predicted octanol–water partition coefficient (Wildman–Crippen LogP) is 3.65. The van der Waals surface area contributed by atoms with Crippen molar-refractivity contribution in [3.8, 4) is 0 Å². The Kier molecular flexibility index (Phi) is 5.55. The third-order valence-corrected chi connectivity index (χ3v) is 8.76. The molecule has 0 bridgehead atoms. The molecule has 168 valence electrons. The fraction of sp³-hybridized carbons (Fsp3) is 0.400. The summed E-state index contributed by atoms with van der Waals surface area (Å²) in [6.07, 6.45) is 4.28. The van der Waals surface area contributed by atoms with Crippen molar-refractivity contribution in [3.63, 3.8) is 0 Å². The highest BCUT2D eigenvalue weighted by atomic mass is 32.2. The largest absolute Gasteiger partial charge is 0.348 e. The van der Waals surface area contributed by atoms with E-state index in [0.717, 1.165) is 30.3 Å². The van der Waals surface area contributed by atoms with Crippen molar-refractivity contribution in [1.82, 2.24) is 13.8 Å². The van der Waals surface area contributed by atoms with Crippen molar-refractivity contribution in [2.24, 2.45) is 5.92 Å². The van der Waals surface area contributed by atoms with E-state index in [1.165, 1.54) is 15.4 Å². The van der Waals surface area contributed by atoms with Crippen LogP contribution >= 0.6 is 0 Å². The van der Waals surface area contributed by atoms with Crippen molar-refractivity contribution in [2.75, 3.05) is 19.6 Å². The smallest absolute Gasteiger partial charge is 0.243 e. The van der Waals surface area contributed by atoms with E-state index in [0.29, 0.717) is 31.0 Å². The molecule has 1 aromatic heterocycles. The number of carbonyl (C=O) groups excluding carboxylic acids is 1. The van der Waals surface area contributed by atoms with Crippen LogP contribution in [0.5, 0.6) is 0 Å². The van der Waals surface area contributed by atoms with Crippen LogP contribution in [0.3, 0.4) is 0 Å². The molecular formula is C25H29N3O3S. The summed E-state index contributed by atoms with van der Waals surface area (Å²) in [5.74, 6) is -0.205. The molecule has 1 fully saturated rings. The fourth-order valence-electron chi connectivity index (χ4n) is 5.07. The first-order valence-electron chi connectivity index (χ1n) is 11.4. The van der Waals surface area contributed by atoms with E-state index < -0.39 is 10.0 Å². The lowest BCUT2D eigenvalue weighted by molar-refractivity contribution is -0.137. The van der Waals surface area contributed by atoms with Crippen LogP contribution in [0.15, 0.2) is 59.6 Å². The molecule has 2 aliphatic heterocycles. The number of hydrogen-bond acceptors (Lipinski definition) is 3. The first kappa shape index (κ1) is 21.2. The first-order chi connectivity index (χ1) is 15.5. The number of benzene rings is 2. The number of amides is 1. The van der Waals surface area contributed by atoms with E-state index in [4.69, 9.17) is 0 Å². The lowest BCUT2D eigenvalue weighted by Gasteiger charge is -2.36. The van der Waals surface area contributed by atoms with Gasteiger partial charge < -0.3 is 9.47 Å². The van der Waals surface area contributed by atoms with Crippen molar-refractivity contribution < 1.29 is 13.2 Å². The zero-order valence-electron chi connectivity index (χ0n) is 18.4. The average molecular weight is 452 g/mol. The van der Waals surface area contributed by atoms with Gasteiger partial charge in [0.1, 0.15) is 0 Å². The summed E-state index contributed by atoms with van der Waals surface area (Å²) in [4.78, 5) is 15.5. The first-order valence-corrected chi connectivity index (χ1v) is 12.9. The van der Waals surface area contributed by atoms with Gasteiger partial charge in [-0.3, -0.25) is 4.79 Å². The molecule has 1 saturated heterocycles. The number of hydrogen-bond donors (Lipinski definition) is 0. The summed E-state index contributed by atoms with van der Waals surface area (Å²) in [5, 5.41) is 0.921. The quantitative estimate of drug-likeness (QED) is 0.608. The zero-order chi connectivity index (χ0) is 22.3. The summed E-state index contributed by atoms with van der Waals surface area (Å²) in [5.41, 5.74) is 3.53. The average Bonchev–Trinajstić information content (AvgIpc) is 3.26. The van der Waals surface area contributed by atoms with Crippen LogP contribution in [0.4, 0.5) is 0 Å². The minimum absolute atomic E-state index is 0.0786. The summed E-state index contributed by atoms with van der Waals surface area (Å²) in [7, 11) is -3.64. The van der Waals surface area contributed by atoms with Gasteiger partial charge in [-0.2, -0.15) is 4.31 Å². The van der Waals surface area contributed by atoms with E-state index in [1.54, 1.807) is 12.1 Å². The van der Waals surface area contributed by atoms with E-state index in [2.05, 4.69) is 23.6 Å². The molecule has 1 atom stereocenters. The van der Waals surface area contributed by atoms with Crippen LogP contribution in [-0.2, 0) is 34.3 Å². The normalized spacial score (nSPS) is 19.8. The Morgan fingerprint density at radius 2 is 1.88 bits per heavy atom. The third-order valence-electron chi connectivity index (χ3n) is 6.90. The van der Waals surface area contributed by atoms with Crippen LogP contribution in [-0.4, -0.2) is 47.7 Å². The van der Waals surface area contributed by atoms with Crippen molar-refractivity contribution in [2.45, 2.75) is 44.2 Å². The van der Waals surface area contributed by atoms with Crippen molar-refractivity contribution in [3.05, 3.63) is 65.9 Å². The molecule has 32 heavy (non-hydrogen) atoms. The van der Waals surface area contributed by atoms with Gasteiger partial charge in [-0.25, -0.2) is 8.42 Å². The van der Waals surface area contributed by atoms with Crippen LogP contribution < -0.4 is 0 Å². The van der Waals surface area contributed by atoms with Crippen molar-refractivity contribution in [1.29, 1.82) is 0 Å². The second-order valence-electron chi connectivity index (χ2n) is 8.80. The van der Waals surface area contributed by atoms with Gasteiger partial charge in [0.2, 0.25) is 15.9 Å². The Hall–Kier alpha value is -2.64. The number of fused-ring (bicyclic) bond motifs is 2. The van der Waals surface area contributed by atoms with Gasteiger partial charge in [-0.1, -0.05) is 24.3 Å². The van der Waals surface area contributed by atoms with E-state index in [-0.39, 0.29) is 18.4 Å². The second-order valence-corrected chi connectivity index (χ2v) is 10.7. The number of rotatable bonds is 4. The Morgan fingerprint density at radius 3 is 2.69 bits per heavy atom. The number of piperidine rings is 1. The molecule has 6 nitrogen and oxygen atoms in total. The Labute approximate surface area is 189 Å². The van der Waals surface area contributed by atoms with Crippen LogP contribution in [0.2, 0.25) is 0 Å². The number of aryl methyl sites for hydroxylation is 1. The zero-order valence-corrected chi connectivity index (χ0v) is 19.2. The summed E-state index contributed by atoms with van der Waals surface area (Å²) < 4.78 is 30.4. The summed E-state index contributed by atoms with van der Waals surface area (Å²) >= 11 is 0. The molecular weight excluding hydrogens is 422 g/mol. The predicted molar refractivity (Wildman–Crippen MR) is 125 cm³/mol. The topological polar surface area (TPSA) is 62.6 Å². The molecule has 0 spiro atoms. The highest BCUT2D eigenvalue weighted by molar-refractivity contribution is 7.89. The maximum Gasteiger partial charge on any atom is 0.243 e. The maximum absolute atomic E-state index is 13.4. The van der Waals surface area contributed by atoms with E-state index in [9.17, 15) is 13.2 Å². The number of aromatic nitrogens is 1. The molecule has 2 aliphatic rings. The molecule has 0 aliphatic carbocycles. The molecule has 0 N–H and O–H groups in total. The molecule has 3 heterocycles. The Morgan fingerprint density at radius 1 is 1.06 bits per heavy atom. The molecule has 0 saturated carbocycles. The Bertz CT molecular complexity index is 1260. The highest BCUT2D eigenvalue weighted by Gasteiger charge is 2.36. The Balaban J connectivity index is 1.33. The number of nitrogens with zero attached hydrogens (tertiary/aromatic N) is 3. The van der Waals surface area contributed by atoms with Crippen LogP contribution in [0, 0.1) is 5.92 Å². The van der Waals surface area contributed by atoms with Gasteiger partial charge >= 0.3 is 0 Å². The van der Waals surface area contributed by atoms with Gasteiger partial charge in [0.25, 0.3) is 0 Å². The molecule has 1 unspecified atom stereocenters. The molecule has 5 rings (SSSR count). The molecule has 3 aromatic rings. The second kappa shape index (κ2) is 8.37. The third kappa shape index (κ3) is 3.73. The van der Waals surface area contributed by atoms with Gasteiger partial charge in [0.15, 0.2) is 0 Å². The molecule has 2 aromatic carbocycles. The SMILES string of the molecule is CCn1ccc2cc(S(=O)(=O)N3CCCC(C(=O)N4CCc5ccccc5C4)C3)ccc21. The van der Waals surface area contributed by atoms with Gasteiger partial charge in [0.05, 0.1) is 10.8 Å². The van der Waals surface area contributed by atoms with E-state index >= 15 is 0 Å². The van der Waals surface area contributed by atoms with Crippen molar-refractivity contribution >= 4 is 26.8 Å². The maximum atomic E-state index is 13.4. The van der Waals surface area contributed by atoms with Gasteiger partial charge in [-0.05, 0) is 61.6 Å². The van der Waals surface area contributed by atoms with E-state index in [1.807, 2.05) is 35.4 Å².